The third-order valence-electron chi connectivity index (χ3n) is 3.68. The fourth-order valence-corrected chi connectivity index (χ4v) is 2.65. The molecule has 0 saturated heterocycles. The van der Waals surface area contributed by atoms with Crippen molar-refractivity contribution in [2.24, 2.45) is 0 Å². The van der Waals surface area contributed by atoms with Gasteiger partial charge in [0.05, 0.1) is 22.9 Å². The van der Waals surface area contributed by atoms with Crippen LogP contribution in [0.25, 0.3) is 33.4 Å². The van der Waals surface area contributed by atoms with Crippen LogP contribution in [-0.4, -0.2) is 9.97 Å². The van der Waals surface area contributed by atoms with E-state index in [1.165, 1.54) is 0 Å². The molecular weight excluding hydrogens is 304 g/mol. The highest BCUT2D eigenvalue weighted by atomic mass is 35.5. The number of aromatic nitrogens is 2. The van der Waals surface area contributed by atoms with Gasteiger partial charge in [-0.1, -0.05) is 48.0 Å². The van der Waals surface area contributed by atoms with Crippen molar-refractivity contribution in [3.8, 4) is 22.4 Å². The number of hydrogen-bond acceptors (Lipinski definition) is 2. The Morgan fingerprint density at radius 2 is 1.61 bits per heavy atom. The standard InChI is InChI=1S/C20H11ClN2/c21-17-10-11-18-19(12-17)22-13-20(23-18)16-8-6-15(7-9-16)14-4-2-1-3-5-14/h2,4-13H. The summed E-state index contributed by atoms with van der Waals surface area (Å²) in [6, 6.07) is 25.5. The Balaban J connectivity index is 1.72. The smallest absolute Gasteiger partial charge is 0.0902 e. The molecule has 4 aromatic rings. The van der Waals surface area contributed by atoms with E-state index in [0.717, 1.165) is 33.4 Å². The van der Waals surface area contributed by atoms with Crippen LogP contribution in [0.4, 0.5) is 0 Å². The van der Waals surface area contributed by atoms with Gasteiger partial charge in [0.2, 0.25) is 0 Å². The summed E-state index contributed by atoms with van der Waals surface area (Å²) in [5.74, 6) is 0. The molecule has 0 unspecified atom stereocenters. The highest BCUT2D eigenvalue weighted by Crippen LogP contribution is 2.24. The average Bonchev–Trinajstić information content (AvgIpc) is 2.62. The predicted molar refractivity (Wildman–Crippen MR) is 93.1 cm³/mol. The van der Waals surface area contributed by atoms with E-state index in [1.807, 2.05) is 36.4 Å². The second-order valence-corrected chi connectivity index (χ2v) is 5.62. The first kappa shape index (κ1) is 13.8. The van der Waals surface area contributed by atoms with Gasteiger partial charge in [-0.25, -0.2) is 4.98 Å². The van der Waals surface area contributed by atoms with Crippen LogP contribution in [0.1, 0.15) is 0 Å². The Kier molecular flexibility index (Phi) is 3.42. The third-order valence-corrected chi connectivity index (χ3v) is 3.91. The van der Waals surface area contributed by atoms with Gasteiger partial charge in [-0.15, -0.1) is 0 Å². The maximum atomic E-state index is 5.98. The van der Waals surface area contributed by atoms with Gasteiger partial charge < -0.3 is 0 Å². The normalized spacial score (nSPS) is 10.5. The van der Waals surface area contributed by atoms with Crippen LogP contribution in [0.15, 0.2) is 66.9 Å². The van der Waals surface area contributed by atoms with E-state index >= 15 is 0 Å². The van der Waals surface area contributed by atoms with Crippen molar-refractivity contribution in [1.82, 2.24) is 9.97 Å². The number of halogens is 1. The molecule has 23 heavy (non-hydrogen) atoms. The largest absolute Gasteiger partial charge is 0.252 e. The van der Waals surface area contributed by atoms with Crippen molar-refractivity contribution < 1.29 is 0 Å². The first-order valence-corrected chi connectivity index (χ1v) is 7.58. The Morgan fingerprint density at radius 1 is 0.783 bits per heavy atom. The molecule has 4 rings (SSSR count). The Bertz CT molecular complexity index is 964. The van der Waals surface area contributed by atoms with Gasteiger partial charge in [0.1, 0.15) is 0 Å². The van der Waals surface area contributed by atoms with Gasteiger partial charge in [0.15, 0.2) is 0 Å². The molecule has 0 fully saturated rings. The van der Waals surface area contributed by atoms with Crippen LogP contribution < -0.4 is 0 Å². The van der Waals surface area contributed by atoms with E-state index < -0.39 is 0 Å². The first-order valence-electron chi connectivity index (χ1n) is 7.20. The molecule has 108 valence electrons. The zero-order valence-electron chi connectivity index (χ0n) is 12.1. The Hall–Kier alpha value is -2.89. The molecule has 0 amide bonds. The van der Waals surface area contributed by atoms with Crippen LogP contribution >= 0.6 is 11.6 Å². The highest BCUT2D eigenvalue weighted by molar-refractivity contribution is 6.31. The summed E-state index contributed by atoms with van der Waals surface area (Å²) in [6.07, 6.45) is 1.78. The van der Waals surface area contributed by atoms with E-state index in [9.17, 15) is 0 Å². The van der Waals surface area contributed by atoms with E-state index in [0.29, 0.717) is 5.02 Å². The first-order chi connectivity index (χ1) is 11.3. The fourth-order valence-electron chi connectivity index (χ4n) is 2.48. The number of rotatable bonds is 2. The lowest BCUT2D eigenvalue weighted by Crippen LogP contribution is -1.88. The van der Waals surface area contributed by atoms with Gasteiger partial charge in [-0.3, -0.25) is 4.98 Å². The molecule has 2 nitrogen and oxygen atoms in total. The summed E-state index contributed by atoms with van der Waals surface area (Å²) < 4.78 is 0. The summed E-state index contributed by atoms with van der Waals surface area (Å²) >= 11 is 5.98. The number of benzene rings is 2. The zero-order valence-corrected chi connectivity index (χ0v) is 12.9. The van der Waals surface area contributed by atoms with Crippen LogP contribution in [0.3, 0.4) is 0 Å². The molecule has 0 spiro atoms. The summed E-state index contributed by atoms with van der Waals surface area (Å²) in [4.78, 5) is 9.10. The summed E-state index contributed by atoms with van der Waals surface area (Å²) in [6.45, 7) is 0. The molecule has 0 atom stereocenters. The third kappa shape index (κ3) is 2.75. The summed E-state index contributed by atoms with van der Waals surface area (Å²) in [7, 11) is 0. The number of nitrogens with zero attached hydrogens (tertiary/aromatic N) is 2. The molecule has 1 aromatic heterocycles. The number of hydrogen-bond donors (Lipinski definition) is 0. The van der Waals surface area contributed by atoms with Crippen LogP contribution in [0, 0.1) is 12.1 Å². The second kappa shape index (κ2) is 5.72. The van der Waals surface area contributed by atoms with Gasteiger partial charge in [-0.2, -0.15) is 0 Å². The van der Waals surface area contributed by atoms with Crippen molar-refractivity contribution in [2.45, 2.75) is 0 Å². The van der Waals surface area contributed by atoms with E-state index in [4.69, 9.17) is 11.6 Å². The topological polar surface area (TPSA) is 25.8 Å². The minimum atomic E-state index is 0.667. The van der Waals surface area contributed by atoms with Crippen molar-refractivity contribution >= 4 is 22.6 Å². The summed E-state index contributed by atoms with van der Waals surface area (Å²) in [5.41, 5.74) is 5.77. The Labute approximate surface area is 139 Å². The molecule has 0 aliphatic rings. The quantitative estimate of drug-likeness (QED) is 0.507. The molecule has 0 bridgehead atoms. The van der Waals surface area contributed by atoms with E-state index in [1.54, 1.807) is 6.20 Å². The van der Waals surface area contributed by atoms with Crippen LogP contribution in [-0.2, 0) is 0 Å². The molecule has 0 N–H and O–H groups in total. The lowest BCUT2D eigenvalue weighted by molar-refractivity contribution is 1.29. The molecule has 0 aliphatic heterocycles. The van der Waals surface area contributed by atoms with Gasteiger partial charge in [-0.05, 0) is 47.5 Å². The van der Waals surface area contributed by atoms with Gasteiger partial charge >= 0.3 is 0 Å². The van der Waals surface area contributed by atoms with E-state index in [2.05, 4.69) is 46.4 Å². The van der Waals surface area contributed by atoms with Gasteiger partial charge in [0.25, 0.3) is 0 Å². The molecule has 0 aliphatic carbocycles. The zero-order chi connectivity index (χ0) is 15.6. The monoisotopic (exact) mass is 314 g/mol. The van der Waals surface area contributed by atoms with Crippen molar-refractivity contribution in [2.75, 3.05) is 0 Å². The minimum Gasteiger partial charge on any atom is -0.252 e. The predicted octanol–water partition coefficient (Wildman–Crippen LogP) is 5.22. The molecule has 1 heterocycles. The van der Waals surface area contributed by atoms with Crippen molar-refractivity contribution in [1.29, 1.82) is 0 Å². The number of fused-ring (bicyclic) bond motifs is 1. The van der Waals surface area contributed by atoms with Crippen molar-refractivity contribution in [3.63, 3.8) is 0 Å². The van der Waals surface area contributed by atoms with E-state index in [-0.39, 0.29) is 0 Å². The summed E-state index contributed by atoms with van der Waals surface area (Å²) in [5, 5.41) is 0.667. The molecule has 0 radical (unpaired) electrons. The maximum absolute atomic E-state index is 5.98. The SMILES string of the molecule is Clc1ccc2nc(-c3ccc(-c4cc#ccc4)cc3)cnc2c1. The molecular formula is C20H11ClN2. The average molecular weight is 315 g/mol. The van der Waals surface area contributed by atoms with Crippen molar-refractivity contribution in [3.05, 3.63) is 84.0 Å². The second-order valence-electron chi connectivity index (χ2n) is 5.19. The molecule has 3 heteroatoms. The minimum absolute atomic E-state index is 0.667. The Morgan fingerprint density at radius 3 is 2.39 bits per heavy atom. The maximum Gasteiger partial charge on any atom is 0.0902 e. The van der Waals surface area contributed by atoms with Gasteiger partial charge in [0, 0.05) is 10.6 Å². The fraction of sp³-hybridized carbons (Fsp3) is 0. The molecule has 3 aromatic carbocycles. The lowest BCUT2D eigenvalue weighted by atomic mass is 10.0. The lowest BCUT2D eigenvalue weighted by Gasteiger charge is -2.05. The van der Waals surface area contributed by atoms with Crippen LogP contribution in [0.5, 0.6) is 0 Å². The highest BCUT2D eigenvalue weighted by Gasteiger charge is 2.04. The molecule has 0 saturated carbocycles. The van der Waals surface area contributed by atoms with Crippen LogP contribution in [0.2, 0.25) is 5.02 Å².